The van der Waals surface area contributed by atoms with Crippen LogP contribution in [0.3, 0.4) is 0 Å². The van der Waals surface area contributed by atoms with Crippen LogP contribution in [-0.4, -0.2) is 58.9 Å². The molecule has 3 aliphatic heterocycles. The summed E-state index contributed by atoms with van der Waals surface area (Å²) in [4.78, 5) is 23.3. The van der Waals surface area contributed by atoms with Gasteiger partial charge in [-0.15, -0.1) is 0 Å². The summed E-state index contributed by atoms with van der Waals surface area (Å²) in [6, 6.07) is 12.3. The van der Waals surface area contributed by atoms with Gasteiger partial charge in [-0.05, 0) is 38.0 Å². The van der Waals surface area contributed by atoms with Gasteiger partial charge >= 0.3 is 0 Å². The van der Waals surface area contributed by atoms with E-state index < -0.39 is 0 Å². The SMILES string of the molecule is Cc1cc(OCC23CN(C4=NCCO4)C(CNc4cccc5c(N)nccc45)(C2)C3)cc(=O)n1C. The summed E-state index contributed by atoms with van der Waals surface area (Å²) in [5.74, 6) is 1.16. The number of rotatable bonds is 6. The number of amidine groups is 1. The number of hydrogen-bond acceptors (Lipinski definition) is 8. The first-order chi connectivity index (χ1) is 16.9. The molecule has 9 nitrogen and oxygen atoms in total. The summed E-state index contributed by atoms with van der Waals surface area (Å²) in [6.07, 6.45) is 3.68. The first kappa shape index (κ1) is 21.8. The fourth-order valence-corrected chi connectivity index (χ4v) is 5.98. The van der Waals surface area contributed by atoms with Gasteiger partial charge in [0.25, 0.3) is 11.6 Å². The summed E-state index contributed by atoms with van der Waals surface area (Å²) < 4.78 is 13.7. The van der Waals surface area contributed by atoms with E-state index in [4.69, 9.17) is 15.2 Å². The van der Waals surface area contributed by atoms with Crippen molar-refractivity contribution in [3.63, 3.8) is 0 Å². The van der Waals surface area contributed by atoms with Crippen LogP contribution in [0.25, 0.3) is 10.8 Å². The number of ether oxygens (including phenoxy) is 2. The van der Waals surface area contributed by atoms with E-state index in [9.17, 15) is 4.79 Å². The highest BCUT2D eigenvalue weighted by Crippen LogP contribution is 2.59. The van der Waals surface area contributed by atoms with Crippen molar-refractivity contribution in [1.29, 1.82) is 0 Å². The average Bonchev–Trinajstić information content (AvgIpc) is 3.53. The van der Waals surface area contributed by atoms with Crippen molar-refractivity contribution in [1.82, 2.24) is 14.5 Å². The third kappa shape index (κ3) is 3.57. The number of nitrogens with zero attached hydrogens (tertiary/aromatic N) is 4. The van der Waals surface area contributed by atoms with Crippen molar-refractivity contribution in [2.45, 2.75) is 25.3 Å². The molecule has 1 aliphatic carbocycles. The molecule has 3 N–H and O–H groups in total. The van der Waals surface area contributed by atoms with Crippen molar-refractivity contribution in [2.24, 2.45) is 17.5 Å². The maximum Gasteiger partial charge on any atom is 0.288 e. The van der Waals surface area contributed by atoms with Gasteiger partial charge in [-0.3, -0.25) is 4.79 Å². The molecular formula is C26H30N6O3. The van der Waals surface area contributed by atoms with Gasteiger partial charge in [-0.1, -0.05) is 12.1 Å². The number of fused-ring (bicyclic) bond motifs is 2. The minimum atomic E-state index is -0.101. The average molecular weight is 475 g/mol. The maximum atomic E-state index is 12.2. The Morgan fingerprint density at radius 3 is 2.86 bits per heavy atom. The molecule has 2 aromatic heterocycles. The third-order valence-electron chi connectivity index (χ3n) is 7.74. The van der Waals surface area contributed by atoms with Crippen molar-refractivity contribution >= 4 is 28.3 Å². The summed E-state index contributed by atoms with van der Waals surface area (Å²) >= 11 is 0. The topological polar surface area (TPSA) is 107 Å². The molecule has 2 saturated heterocycles. The number of hydrogen-bond donors (Lipinski definition) is 2. The molecule has 2 bridgehead atoms. The van der Waals surface area contributed by atoms with Crippen LogP contribution < -0.4 is 21.3 Å². The number of aryl methyl sites for hydroxylation is 1. The third-order valence-corrected chi connectivity index (χ3v) is 7.74. The van der Waals surface area contributed by atoms with Crippen molar-refractivity contribution in [3.05, 3.63) is 58.6 Å². The van der Waals surface area contributed by atoms with Gasteiger partial charge in [-0.25, -0.2) is 9.98 Å². The largest absolute Gasteiger partial charge is 0.493 e. The number of nitrogens with two attached hydrogens (primary N) is 1. The molecule has 0 atom stereocenters. The maximum absolute atomic E-state index is 12.2. The molecule has 182 valence electrons. The fraction of sp³-hybridized carbons (Fsp3) is 0.423. The fourth-order valence-electron chi connectivity index (χ4n) is 5.98. The zero-order valence-corrected chi connectivity index (χ0v) is 20.1. The minimum absolute atomic E-state index is 0.00175. The first-order valence-electron chi connectivity index (χ1n) is 12.0. The van der Waals surface area contributed by atoms with Crippen LogP contribution in [0.1, 0.15) is 18.5 Å². The standard InChI is InChI=1S/C26H30N6O3/c1-17-10-18(11-22(33)31(17)2)35-16-25-12-26(13-25,32(15-25)24-29-8-9-34-24)14-30-21-5-3-4-20-19(21)6-7-28-23(20)27/h3-7,10-11,30H,8-9,12-16H2,1-2H3,(H2,27,28). The molecule has 1 saturated carbocycles. The predicted octanol–water partition coefficient (Wildman–Crippen LogP) is 2.54. The lowest BCUT2D eigenvalue weighted by Gasteiger charge is -2.47. The Morgan fingerprint density at radius 2 is 2.09 bits per heavy atom. The molecule has 5 heterocycles. The lowest BCUT2D eigenvalue weighted by molar-refractivity contribution is 0.0460. The molecule has 7 rings (SSSR count). The van der Waals surface area contributed by atoms with Gasteiger partial charge in [0.1, 0.15) is 18.2 Å². The van der Waals surface area contributed by atoms with Gasteiger partial charge < -0.3 is 30.0 Å². The second-order valence-electron chi connectivity index (χ2n) is 10.1. The molecule has 0 amide bonds. The quantitative estimate of drug-likeness (QED) is 0.565. The number of nitrogens with one attached hydrogen (secondary N) is 1. The Bertz CT molecular complexity index is 1390. The number of aliphatic imine (C=N–C) groups is 1. The van der Waals surface area contributed by atoms with Gasteiger partial charge in [0.2, 0.25) is 0 Å². The molecule has 0 unspecified atom stereocenters. The molecule has 0 radical (unpaired) electrons. The van der Waals surface area contributed by atoms with E-state index in [1.807, 2.05) is 31.2 Å². The number of anilines is 2. The van der Waals surface area contributed by atoms with E-state index in [0.717, 1.165) is 54.1 Å². The van der Waals surface area contributed by atoms with Crippen LogP contribution >= 0.6 is 0 Å². The molecule has 0 spiro atoms. The molecule has 4 aliphatic rings. The zero-order chi connectivity index (χ0) is 24.2. The van der Waals surface area contributed by atoms with Crippen LogP contribution in [0.2, 0.25) is 0 Å². The second-order valence-corrected chi connectivity index (χ2v) is 10.1. The molecule has 1 aromatic carbocycles. The van der Waals surface area contributed by atoms with E-state index in [0.29, 0.717) is 31.3 Å². The Morgan fingerprint density at radius 1 is 1.23 bits per heavy atom. The Kier molecular flexibility index (Phi) is 4.91. The van der Waals surface area contributed by atoms with E-state index in [1.54, 1.807) is 23.9 Å². The zero-order valence-electron chi connectivity index (χ0n) is 20.1. The summed E-state index contributed by atoms with van der Waals surface area (Å²) in [5.41, 5.74) is 7.85. The van der Waals surface area contributed by atoms with Crippen LogP contribution in [0.5, 0.6) is 5.75 Å². The van der Waals surface area contributed by atoms with Crippen molar-refractivity contribution in [3.8, 4) is 5.75 Å². The van der Waals surface area contributed by atoms with E-state index >= 15 is 0 Å². The van der Waals surface area contributed by atoms with Gasteiger partial charge in [0.15, 0.2) is 0 Å². The lowest BCUT2D eigenvalue weighted by atomic mass is 9.62. The van der Waals surface area contributed by atoms with Crippen molar-refractivity contribution in [2.75, 3.05) is 43.9 Å². The van der Waals surface area contributed by atoms with E-state index in [2.05, 4.69) is 26.3 Å². The summed E-state index contributed by atoms with van der Waals surface area (Å²) in [7, 11) is 1.77. The normalized spacial score (nSPS) is 24.7. The second kappa shape index (κ2) is 7.90. The highest BCUT2D eigenvalue weighted by Gasteiger charge is 2.67. The van der Waals surface area contributed by atoms with Gasteiger partial charge in [0, 0.05) is 60.0 Å². The Hall–Kier alpha value is -3.75. The van der Waals surface area contributed by atoms with Crippen LogP contribution in [0.15, 0.2) is 52.4 Å². The highest BCUT2D eigenvalue weighted by molar-refractivity contribution is 5.99. The number of nitrogen functional groups attached to an aromatic ring is 1. The number of aromatic nitrogens is 2. The summed E-state index contributed by atoms with van der Waals surface area (Å²) in [5, 5.41) is 5.69. The minimum Gasteiger partial charge on any atom is -0.493 e. The molecule has 3 fully saturated rings. The van der Waals surface area contributed by atoms with Crippen LogP contribution in [0.4, 0.5) is 11.5 Å². The molecule has 35 heavy (non-hydrogen) atoms. The number of pyridine rings is 2. The van der Waals surface area contributed by atoms with Gasteiger partial charge in [0.05, 0.1) is 18.7 Å². The van der Waals surface area contributed by atoms with Gasteiger partial charge in [-0.2, -0.15) is 0 Å². The number of benzene rings is 1. The predicted molar refractivity (Wildman–Crippen MR) is 136 cm³/mol. The smallest absolute Gasteiger partial charge is 0.288 e. The molecule has 9 heteroatoms. The monoisotopic (exact) mass is 474 g/mol. The van der Waals surface area contributed by atoms with E-state index in [-0.39, 0.29) is 16.5 Å². The summed E-state index contributed by atoms with van der Waals surface area (Å²) in [6.45, 7) is 5.37. The lowest BCUT2D eigenvalue weighted by Crippen LogP contribution is -2.56. The Balaban J connectivity index is 1.22. The van der Waals surface area contributed by atoms with Crippen molar-refractivity contribution < 1.29 is 9.47 Å². The van der Waals surface area contributed by atoms with Crippen LogP contribution in [0, 0.1) is 12.3 Å². The first-order valence-corrected chi connectivity index (χ1v) is 12.0. The van der Waals surface area contributed by atoms with Crippen LogP contribution in [-0.2, 0) is 11.8 Å². The Labute approximate surface area is 203 Å². The molecular weight excluding hydrogens is 444 g/mol. The van der Waals surface area contributed by atoms with E-state index in [1.165, 1.54) is 0 Å². The molecule has 3 aromatic rings. The highest BCUT2D eigenvalue weighted by atomic mass is 16.5.